The van der Waals surface area contributed by atoms with Gasteiger partial charge in [-0.05, 0) is 11.5 Å². The standard InChI is InChI=1S/C5H9NOS/c1-6-5(7)4-8-2-3-8/h4H,2-3H2,1H3,(H,6,7). The maximum Gasteiger partial charge on any atom is 0.249 e. The van der Waals surface area contributed by atoms with Gasteiger partial charge < -0.3 is 5.32 Å². The molecule has 0 aliphatic carbocycles. The molecule has 1 heterocycles. The zero-order chi connectivity index (χ0) is 5.98. The molecular weight excluding hydrogens is 122 g/mol. The van der Waals surface area contributed by atoms with Gasteiger partial charge in [0, 0.05) is 12.4 Å². The number of hydrogen-bond acceptors (Lipinski definition) is 1. The van der Waals surface area contributed by atoms with Gasteiger partial charge in [0.1, 0.15) is 0 Å². The van der Waals surface area contributed by atoms with E-state index >= 15 is 0 Å². The summed E-state index contributed by atoms with van der Waals surface area (Å²) >= 11 is 0. The van der Waals surface area contributed by atoms with Crippen LogP contribution in [0.2, 0.25) is 0 Å². The molecule has 1 rings (SSSR count). The van der Waals surface area contributed by atoms with Crippen molar-refractivity contribution in [3.8, 4) is 0 Å². The van der Waals surface area contributed by atoms with Gasteiger partial charge >= 0.3 is 0 Å². The average Bonchev–Trinajstić information content (AvgIpc) is 2.50. The molecule has 1 saturated heterocycles. The summed E-state index contributed by atoms with van der Waals surface area (Å²) in [6, 6.07) is 0. The van der Waals surface area contributed by atoms with E-state index in [-0.39, 0.29) is 5.91 Å². The van der Waals surface area contributed by atoms with Gasteiger partial charge in [-0.15, -0.1) is 0 Å². The van der Waals surface area contributed by atoms with E-state index < -0.39 is 0 Å². The molecular formula is C5H9NOS. The van der Waals surface area contributed by atoms with Gasteiger partial charge in [-0.3, -0.25) is 4.79 Å². The predicted molar refractivity (Wildman–Crippen MR) is 37.5 cm³/mol. The van der Waals surface area contributed by atoms with Crippen LogP contribution in [0.5, 0.6) is 0 Å². The minimum absolute atomic E-state index is 0.0748. The summed E-state index contributed by atoms with van der Waals surface area (Å²) in [4.78, 5) is 10.5. The third-order valence-electron chi connectivity index (χ3n) is 0.960. The van der Waals surface area contributed by atoms with E-state index in [0.29, 0.717) is 10.5 Å². The van der Waals surface area contributed by atoms with E-state index in [4.69, 9.17) is 0 Å². The molecule has 0 aromatic carbocycles. The molecule has 1 N–H and O–H groups in total. The Morgan fingerprint density at radius 2 is 2.38 bits per heavy atom. The van der Waals surface area contributed by atoms with Crippen molar-refractivity contribution in [1.82, 2.24) is 5.32 Å². The van der Waals surface area contributed by atoms with Crippen molar-refractivity contribution >= 4 is 21.8 Å². The first-order valence-corrected chi connectivity index (χ1v) is 4.18. The van der Waals surface area contributed by atoms with Crippen molar-refractivity contribution in [2.75, 3.05) is 18.6 Å². The molecule has 0 bridgehead atoms. The van der Waals surface area contributed by atoms with Crippen molar-refractivity contribution in [3.05, 3.63) is 0 Å². The van der Waals surface area contributed by atoms with E-state index in [2.05, 4.69) is 5.32 Å². The molecule has 8 heavy (non-hydrogen) atoms. The van der Waals surface area contributed by atoms with Gasteiger partial charge in [0.2, 0.25) is 5.91 Å². The molecule has 0 radical (unpaired) electrons. The Morgan fingerprint density at radius 3 is 2.75 bits per heavy atom. The summed E-state index contributed by atoms with van der Waals surface area (Å²) in [5.74, 6) is 2.53. The molecule has 1 aliphatic rings. The van der Waals surface area contributed by atoms with Crippen LogP contribution in [0.3, 0.4) is 0 Å². The largest absolute Gasteiger partial charge is 0.355 e. The third-order valence-corrected chi connectivity index (χ3v) is 2.39. The summed E-state index contributed by atoms with van der Waals surface area (Å²) in [7, 11) is 2.03. The Bertz CT molecular complexity index is 135. The summed E-state index contributed by atoms with van der Waals surface area (Å²) in [5, 5.41) is 4.33. The minimum Gasteiger partial charge on any atom is -0.355 e. The summed E-state index contributed by atoms with van der Waals surface area (Å²) in [6.45, 7) is 0. The lowest BCUT2D eigenvalue weighted by atomic mass is 10.7. The zero-order valence-corrected chi connectivity index (χ0v) is 5.62. The second kappa shape index (κ2) is 2.31. The smallest absolute Gasteiger partial charge is 0.249 e. The van der Waals surface area contributed by atoms with Crippen LogP contribution in [0.25, 0.3) is 0 Å². The SMILES string of the molecule is CNC(=O)C=S1CC1. The molecule has 46 valence electrons. The van der Waals surface area contributed by atoms with Crippen LogP contribution in [-0.4, -0.2) is 29.8 Å². The number of hydrogen-bond donors (Lipinski definition) is 1. The molecule has 0 aromatic heterocycles. The summed E-state index contributed by atoms with van der Waals surface area (Å²) in [6.07, 6.45) is 0. The molecule has 1 fully saturated rings. The molecule has 2 nitrogen and oxygen atoms in total. The number of amides is 1. The molecule has 1 aliphatic heterocycles. The fourth-order valence-electron chi connectivity index (χ4n) is 0.376. The van der Waals surface area contributed by atoms with Crippen LogP contribution < -0.4 is 5.32 Å². The fourth-order valence-corrected chi connectivity index (χ4v) is 1.42. The third kappa shape index (κ3) is 1.66. The van der Waals surface area contributed by atoms with E-state index in [9.17, 15) is 4.79 Å². The average molecular weight is 131 g/mol. The van der Waals surface area contributed by atoms with Crippen LogP contribution in [0.4, 0.5) is 0 Å². The molecule has 0 unspecified atom stereocenters. The number of carbonyl (C=O) groups is 1. The van der Waals surface area contributed by atoms with Crippen LogP contribution >= 0.6 is 10.5 Å². The maximum absolute atomic E-state index is 10.5. The van der Waals surface area contributed by atoms with Gasteiger partial charge in [-0.2, -0.15) is 10.5 Å². The van der Waals surface area contributed by atoms with Crippen LogP contribution in [0.15, 0.2) is 0 Å². The van der Waals surface area contributed by atoms with E-state index in [0.717, 1.165) is 0 Å². The highest BCUT2D eigenvalue weighted by Crippen LogP contribution is 2.26. The molecule has 0 spiro atoms. The second-order valence-electron chi connectivity index (χ2n) is 1.68. The number of carbonyl (C=O) groups excluding carboxylic acids is 1. The van der Waals surface area contributed by atoms with Gasteiger partial charge in [-0.25, -0.2) is 0 Å². The van der Waals surface area contributed by atoms with Crippen molar-refractivity contribution in [2.45, 2.75) is 0 Å². The van der Waals surface area contributed by atoms with Gasteiger partial charge in [0.25, 0.3) is 0 Å². The van der Waals surface area contributed by atoms with Crippen molar-refractivity contribution in [2.24, 2.45) is 0 Å². The fraction of sp³-hybridized carbons (Fsp3) is 0.600. The van der Waals surface area contributed by atoms with Crippen molar-refractivity contribution < 1.29 is 4.79 Å². The van der Waals surface area contributed by atoms with E-state index in [1.54, 1.807) is 12.4 Å². The van der Waals surface area contributed by atoms with Crippen LogP contribution in [0, 0.1) is 0 Å². The van der Waals surface area contributed by atoms with Crippen LogP contribution in [-0.2, 0) is 4.79 Å². The topological polar surface area (TPSA) is 29.1 Å². The molecule has 3 heteroatoms. The quantitative estimate of drug-likeness (QED) is 0.388. The van der Waals surface area contributed by atoms with Gasteiger partial charge in [0.15, 0.2) is 0 Å². The molecule has 0 atom stereocenters. The van der Waals surface area contributed by atoms with E-state index in [1.165, 1.54) is 11.5 Å². The Kier molecular flexibility index (Phi) is 1.68. The summed E-state index contributed by atoms with van der Waals surface area (Å²) < 4.78 is 0. The highest BCUT2D eigenvalue weighted by molar-refractivity contribution is 8.21. The maximum atomic E-state index is 10.5. The minimum atomic E-state index is 0.0748. The molecule has 1 amide bonds. The first-order valence-electron chi connectivity index (χ1n) is 2.56. The normalized spacial score (nSPS) is 17.6. The lowest BCUT2D eigenvalue weighted by Crippen LogP contribution is -2.17. The van der Waals surface area contributed by atoms with Crippen molar-refractivity contribution in [1.29, 1.82) is 0 Å². The van der Waals surface area contributed by atoms with Gasteiger partial charge in [-0.1, -0.05) is 0 Å². The zero-order valence-electron chi connectivity index (χ0n) is 4.81. The van der Waals surface area contributed by atoms with E-state index in [1.807, 2.05) is 0 Å². The highest BCUT2D eigenvalue weighted by atomic mass is 32.2. The molecule has 0 aromatic rings. The summed E-state index contributed by atoms with van der Waals surface area (Å²) in [5.41, 5.74) is 0. The Balaban J connectivity index is 2.37. The second-order valence-corrected chi connectivity index (χ2v) is 3.80. The monoisotopic (exact) mass is 131 g/mol. The first-order chi connectivity index (χ1) is 3.83. The Labute approximate surface area is 51.2 Å². The molecule has 0 saturated carbocycles. The van der Waals surface area contributed by atoms with Crippen molar-refractivity contribution in [3.63, 3.8) is 0 Å². The lowest BCUT2D eigenvalue weighted by Gasteiger charge is -1.85. The predicted octanol–water partition coefficient (Wildman–Crippen LogP) is -0.183. The lowest BCUT2D eigenvalue weighted by molar-refractivity contribution is -0.113. The highest BCUT2D eigenvalue weighted by Gasteiger charge is 2.09. The Morgan fingerprint density at radius 1 is 1.75 bits per heavy atom. The first kappa shape index (κ1) is 5.82. The Hall–Kier alpha value is -0.310. The number of nitrogens with one attached hydrogen (secondary N) is 1. The van der Waals surface area contributed by atoms with Gasteiger partial charge in [0.05, 0.1) is 0 Å². The number of rotatable bonds is 1. The van der Waals surface area contributed by atoms with Crippen LogP contribution in [0.1, 0.15) is 0 Å².